The summed E-state index contributed by atoms with van der Waals surface area (Å²) >= 11 is 0. The minimum absolute atomic E-state index is 0.419. The van der Waals surface area contributed by atoms with Gasteiger partial charge in [-0.25, -0.2) is 9.18 Å². The SMILES string of the molecule is C/C=C/C=C/C(=O)OC(C)OC(=O)C(C)c1ccc(-c2ccccc2)c(F)c1. The van der Waals surface area contributed by atoms with Crippen LogP contribution < -0.4 is 0 Å². The normalized spacial score (nSPS) is 13.4. The summed E-state index contributed by atoms with van der Waals surface area (Å²) in [5.41, 5.74) is 1.70. The second kappa shape index (κ2) is 10.2. The van der Waals surface area contributed by atoms with Gasteiger partial charge in [0.2, 0.25) is 6.29 Å². The predicted molar refractivity (Wildman–Crippen MR) is 106 cm³/mol. The van der Waals surface area contributed by atoms with E-state index in [1.54, 1.807) is 31.2 Å². The Kier molecular flexibility index (Phi) is 7.69. The molecule has 0 saturated heterocycles. The topological polar surface area (TPSA) is 52.6 Å². The number of rotatable bonds is 7. The number of ether oxygens (including phenoxy) is 2. The molecule has 2 unspecified atom stereocenters. The molecule has 2 atom stereocenters. The molecule has 4 nitrogen and oxygen atoms in total. The number of hydrogen-bond acceptors (Lipinski definition) is 4. The molecular weight excluding hydrogens is 359 g/mol. The van der Waals surface area contributed by atoms with E-state index >= 15 is 0 Å². The van der Waals surface area contributed by atoms with Crippen LogP contribution in [-0.4, -0.2) is 18.2 Å². The van der Waals surface area contributed by atoms with Crippen molar-refractivity contribution in [2.75, 3.05) is 0 Å². The number of halogens is 1. The second-order valence-electron chi connectivity index (χ2n) is 6.15. The van der Waals surface area contributed by atoms with Crippen molar-refractivity contribution in [3.8, 4) is 11.1 Å². The molecule has 0 aliphatic rings. The molecular formula is C23H23FO4. The minimum Gasteiger partial charge on any atom is -0.425 e. The van der Waals surface area contributed by atoms with Gasteiger partial charge in [0.15, 0.2) is 0 Å². The van der Waals surface area contributed by atoms with E-state index < -0.39 is 30.0 Å². The van der Waals surface area contributed by atoms with Crippen LogP contribution in [0.4, 0.5) is 4.39 Å². The van der Waals surface area contributed by atoms with Crippen LogP contribution in [0.5, 0.6) is 0 Å². The zero-order valence-corrected chi connectivity index (χ0v) is 16.1. The Morgan fingerprint density at radius 2 is 1.71 bits per heavy atom. The van der Waals surface area contributed by atoms with E-state index in [4.69, 9.17) is 9.47 Å². The molecule has 0 radical (unpaired) electrons. The average molecular weight is 382 g/mol. The summed E-state index contributed by atoms with van der Waals surface area (Å²) in [4.78, 5) is 23.9. The number of allylic oxidation sites excluding steroid dienone is 3. The molecule has 0 aliphatic heterocycles. The Morgan fingerprint density at radius 3 is 2.36 bits per heavy atom. The second-order valence-corrected chi connectivity index (χ2v) is 6.15. The van der Waals surface area contributed by atoms with Crippen LogP contribution in [0.25, 0.3) is 11.1 Å². The van der Waals surface area contributed by atoms with Gasteiger partial charge in [0.05, 0.1) is 5.92 Å². The Balaban J connectivity index is 2.01. The number of esters is 2. The Labute approximate surface area is 164 Å². The minimum atomic E-state index is -1.05. The first-order valence-corrected chi connectivity index (χ1v) is 8.97. The lowest BCUT2D eigenvalue weighted by molar-refractivity contribution is -0.181. The van der Waals surface area contributed by atoms with Gasteiger partial charge in [0, 0.05) is 18.6 Å². The van der Waals surface area contributed by atoms with Gasteiger partial charge in [-0.05, 0) is 31.0 Å². The molecule has 2 aromatic carbocycles. The van der Waals surface area contributed by atoms with Gasteiger partial charge in [-0.15, -0.1) is 0 Å². The van der Waals surface area contributed by atoms with E-state index in [0.717, 1.165) is 5.56 Å². The molecule has 0 saturated carbocycles. The highest BCUT2D eigenvalue weighted by Gasteiger charge is 2.22. The summed E-state index contributed by atoms with van der Waals surface area (Å²) in [6.07, 6.45) is 5.14. The molecule has 0 bridgehead atoms. The smallest absolute Gasteiger partial charge is 0.333 e. The van der Waals surface area contributed by atoms with Crippen molar-refractivity contribution in [1.29, 1.82) is 0 Å². The van der Waals surface area contributed by atoms with Gasteiger partial charge in [-0.3, -0.25) is 4.79 Å². The van der Waals surface area contributed by atoms with Crippen molar-refractivity contribution >= 4 is 11.9 Å². The third-order valence-electron chi connectivity index (χ3n) is 4.03. The highest BCUT2D eigenvalue weighted by molar-refractivity contribution is 5.83. The fourth-order valence-electron chi connectivity index (χ4n) is 2.53. The first-order chi connectivity index (χ1) is 13.4. The van der Waals surface area contributed by atoms with Gasteiger partial charge in [0.1, 0.15) is 5.82 Å². The Hall–Kier alpha value is -3.21. The first-order valence-electron chi connectivity index (χ1n) is 8.97. The number of benzene rings is 2. The maximum atomic E-state index is 14.5. The fourth-order valence-corrected chi connectivity index (χ4v) is 2.53. The monoisotopic (exact) mass is 382 g/mol. The van der Waals surface area contributed by atoms with Crippen LogP contribution >= 0.6 is 0 Å². The van der Waals surface area contributed by atoms with Gasteiger partial charge in [-0.2, -0.15) is 0 Å². The van der Waals surface area contributed by atoms with Crippen molar-refractivity contribution in [1.82, 2.24) is 0 Å². The van der Waals surface area contributed by atoms with Crippen LogP contribution in [0, 0.1) is 5.82 Å². The predicted octanol–water partition coefficient (Wildman–Crippen LogP) is 5.16. The average Bonchev–Trinajstić information content (AvgIpc) is 2.68. The van der Waals surface area contributed by atoms with E-state index in [1.165, 1.54) is 25.1 Å². The summed E-state index contributed by atoms with van der Waals surface area (Å²) < 4.78 is 24.6. The molecule has 0 N–H and O–H groups in total. The number of carbonyl (C=O) groups is 2. The van der Waals surface area contributed by atoms with Crippen molar-refractivity contribution in [3.05, 3.63) is 84.2 Å². The standard InChI is InChI=1S/C23H23FO4/c1-4-5-7-12-22(25)27-17(3)28-23(26)16(2)19-13-14-20(21(24)15-19)18-10-8-6-9-11-18/h4-17H,1-3H3/b5-4+,12-7+. The van der Waals surface area contributed by atoms with Crippen molar-refractivity contribution in [2.45, 2.75) is 33.0 Å². The lowest BCUT2D eigenvalue weighted by Gasteiger charge is -2.17. The van der Waals surface area contributed by atoms with E-state index in [-0.39, 0.29) is 0 Å². The van der Waals surface area contributed by atoms with Crippen molar-refractivity contribution in [2.24, 2.45) is 0 Å². The summed E-state index contributed by atoms with van der Waals surface area (Å²) in [6.45, 7) is 4.88. The fraction of sp³-hybridized carbons (Fsp3) is 0.217. The van der Waals surface area contributed by atoms with Crippen LogP contribution in [0.15, 0.2) is 72.8 Å². The molecule has 28 heavy (non-hydrogen) atoms. The van der Waals surface area contributed by atoms with Crippen molar-refractivity contribution in [3.63, 3.8) is 0 Å². The molecule has 2 rings (SSSR count). The molecule has 0 aromatic heterocycles. The van der Waals surface area contributed by atoms with Gasteiger partial charge in [0.25, 0.3) is 0 Å². The maximum Gasteiger partial charge on any atom is 0.333 e. The maximum absolute atomic E-state index is 14.5. The highest BCUT2D eigenvalue weighted by atomic mass is 19.1. The lowest BCUT2D eigenvalue weighted by Crippen LogP contribution is -2.23. The van der Waals surface area contributed by atoms with E-state index in [0.29, 0.717) is 11.1 Å². The number of hydrogen-bond donors (Lipinski definition) is 0. The molecule has 0 fully saturated rings. The Bertz CT molecular complexity index is 871. The van der Waals surface area contributed by atoms with Crippen LogP contribution in [0.3, 0.4) is 0 Å². The molecule has 0 spiro atoms. The first kappa shape index (κ1) is 21.1. The van der Waals surface area contributed by atoms with Gasteiger partial charge < -0.3 is 9.47 Å². The van der Waals surface area contributed by atoms with Crippen LogP contribution in [-0.2, 0) is 19.1 Å². The van der Waals surface area contributed by atoms with E-state index in [2.05, 4.69) is 0 Å². The summed E-state index contributed by atoms with van der Waals surface area (Å²) in [5.74, 6) is -2.36. The Morgan fingerprint density at radius 1 is 1.00 bits per heavy atom. The third-order valence-corrected chi connectivity index (χ3v) is 4.03. The van der Waals surface area contributed by atoms with Gasteiger partial charge >= 0.3 is 11.9 Å². The molecule has 0 aliphatic carbocycles. The molecule has 2 aromatic rings. The lowest BCUT2D eigenvalue weighted by atomic mass is 9.97. The van der Waals surface area contributed by atoms with E-state index in [1.807, 2.05) is 37.3 Å². The van der Waals surface area contributed by atoms with Crippen molar-refractivity contribution < 1.29 is 23.5 Å². The zero-order chi connectivity index (χ0) is 20.5. The summed E-state index contributed by atoms with van der Waals surface area (Å²) in [5, 5.41) is 0. The third kappa shape index (κ3) is 5.91. The largest absolute Gasteiger partial charge is 0.425 e. The zero-order valence-electron chi connectivity index (χ0n) is 16.1. The van der Waals surface area contributed by atoms with Gasteiger partial charge in [-0.1, -0.05) is 60.7 Å². The van der Waals surface area contributed by atoms with Crippen LogP contribution in [0.2, 0.25) is 0 Å². The molecule has 0 amide bonds. The highest BCUT2D eigenvalue weighted by Crippen LogP contribution is 2.27. The quantitative estimate of drug-likeness (QED) is 0.287. The number of carbonyl (C=O) groups excluding carboxylic acids is 2. The van der Waals surface area contributed by atoms with E-state index in [9.17, 15) is 14.0 Å². The summed E-state index contributed by atoms with van der Waals surface area (Å²) in [7, 11) is 0. The molecule has 5 heteroatoms. The van der Waals surface area contributed by atoms with Crippen LogP contribution in [0.1, 0.15) is 32.3 Å². The summed E-state index contributed by atoms with van der Waals surface area (Å²) in [6, 6.07) is 13.8. The molecule has 146 valence electrons. The molecule has 0 heterocycles.